The topological polar surface area (TPSA) is 44.0 Å². The molecule has 0 saturated heterocycles. The summed E-state index contributed by atoms with van der Waals surface area (Å²) >= 11 is 3.53. The zero-order valence-corrected chi connectivity index (χ0v) is 6.02. The van der Waals surface area contributed by atoms with E-state index in [9.17, 15) is 0 Å². The smallest absolute Gasteiger partial charge is 0.140 e. The molecule has 0 aromatic rings. The van der Waals surface area contributed by atoms with Crippen molar-refractivity contribution in [2.24, 2.45) is 0 Å². The van der Waals surface area contributed by atoms with Crippen LogP contribution in [0.4, 0.5) is 0 Å². The van der Waals surface area contributed by atoms with Crippen LogP contribution in [0.2, 0.25) is 0 Å². The molecule has 8 heavy (non-hydrogen) atoms. The molecule has 0 aromatic carbocycles. The van der Waals surface area contributed by atoms with E-state index in [0.29, 0.717) is 6.42 Å². The number of hydrogen-bond donors (Lipinski definition) is 2. The highest BCUT2D eigenvalue weighted by Gasteiger charge is 1.90. The van der Waals surface area contributed by atoms with E-state index in [1.165, 1.54) is 0 Å². The van der Waals surface area contributed by atoms with E-state index in [1.807, 2.05) is 0 Å². The van der Waals surface area contributed by atoms with Crippen molar-refractivity contribution < 1.29 is 5.11 Å². The molecule has 0 aromatic heterocycles. The van der Waals surface area contributed by atoms with Crippen molar-refractivity contribution in [3.63, 3.8) is 0 Å². The molecule has 0 aliphatic heterocycles. The molecule has 48 valence electrons. The van der Waals surface area contributed by atoms with Gasteiger partial charge in [-0.05, 0) is 12.7 Å². The summed E-state index contributed by atoms with van der Waals surface area (Å²) in [6.07, 6.45) is 1.46. The Bertz CT molecular complexity index is 69.3. The predicted molar refractivity (Wildman–Crippen MR) is 36.8 cm³/mol. The van der Waals surface area contributed by atoms with Gasteiger partial charge in [-0.3, -0.25) is 0 Å². The highest BCUT2D eigenvalue weighted by atomic mass is 32.1. The molecule has 0 saturated carbocycles. The van der Waals surface area contributed by atoms with Crippen molar-refractivity contribution in [1.29, 1.82) is 5.26 Å². The molecule has 1 atom stereocenters. The Morgan fingerprint density at radius 3 is 2.12 bits per heavy atom. The molecule has 0 aliphatic carbocycles. The van der Waals surface area contributed by atoms with Crippen LogP contribution in [-0.2, 0) is 0 Å². The quantitative estimate of drug-likeness (QED) is 0.411. The summed E-state index contributed by atoms with van der Waals surface area (Å²) < 4.78 is 0. The highest BCUT2D eigenvalue weighted by molar-refractivity contribution is 7.79. The van der Waals surface area contributed by atoms with Gasteiger partial charge in [0.05, 0.1) is 6.07 Å². The number of rotatable bonds is 1. The van der Waals surface area contributed by atoms with Gasteiger partial charge in [-0.1, -0.05) is 6.92 Å². The minimum Gasteiger partial charge on any atom is -0.378 e. The van der Waals surface area contributed by atoms with Gasteiger partial charge in [-0.15, -0.1) is 0 Å². The standard InChI is InChI=1S/C4H7NO.CH4S/c1-2-4(6)3-5;1-2/h4,6H,2H2,1H3;2H,1H3. The van der Waals surface area contributed by atoms with Crippen LogP contribution in [0, 0.1) is 11.3 Å². The average molecular weight is 133 g/mol. The fraction of sp³-hybridized carbons (Fsp3) is 0.800. The minimum atomic E-state index is -0.759. The maximum Gasteiger partial charge on any atom is 0.140 e. The van der Waals surface area contributed by atoms with Gasteiger partial charge in [0.25, 0.3) is 0 Å². The minimum absolute atomic E-state index is 0.524. The second-order valence-corrected chi connectivity index (χ2v) is 1.05. The SMILES string of the molecule is CCC(O)C#N.CS. The largest absolute Gasteiger partial charge is 0.378 e. The lowest BCUT2D eigenvalue weighted by atomic mass is 10.3. The molecule has 0 amide bonds. The van der Waals surface area contributed by atoms with Crippen LogP contribution in [0.5, 0.6) is 0 Å². The van der Waals surface area contributed by atoms with Gasteiger partial charge >= 0.3 is 0 Å². The first kappa shape index (κ1) is 10.7. The summed E-state index contributed by atoms with van der Waals surface area (Å²) in [7, 11) is 0. The third-order valence-corrected chi connectivity index (χ3v) is 0.536. The van der Waals surface area contributed by atoms with Crippen LogP contribution in [0.3, 0.4) is 0 Å². The molecule has 2 nitrogen and oxygen atoms in total. The highest BCUT2D eigenvalue weighted by Crippen LogP contribution is 1.82. The number of aliphatic hydroxyl groups is 1. The van der Waals surface area contributed by atoms with Crippen LogP contribution in [-0.4, -0.2) is 17.5 Å². The summed E-state index contributed by atoms with van der Waals surface area (Å²) in [6, 6.07) is 1.67. The number of nitriles is 1. The molecule has 0 rings (SSSR count). The van der Waals surface area contributed by atoms with E-state index in [0.717, 1.165) is 0 Å². The van der Waals surface area contributed by atoms with Crippen molar-refractivity contribution in [3.8, 4) is 6.07 Å². The molecule has 1 unspecified atom stereocenters. The number of thiol groups is 1. The van der Waals surface area contributed by atoms with Crippen LogP contribution in [0.1, 0.15) is 13.3 Å². The second kappa shape index (κ2) is 9.93. The monoisotopic (exact) mass is 133 g/mol. The van der Waals surface area contributed by atoms with Gasteiger partial charge in [0, 0.05) is 0 Å². The molecule has 0 spiro atoms. The van der Waals surface area contributed by atoms with Gasteiger partial charge in [0.2, 0.25) is 0 Å². The predicted octanol–water partition coefficient (Wildman–Crippen LogP) is 0.827. The van der Waals surface area contributed by atoms with E-state index < -0.39 is 6.10 Å². The fourth-order valence-electron chi connectivity index (χ4n) is 0.0913. The molecule has 3 heteroatoms. The Hall–Kier alpha value is -0.200. The van der Waals surface area contributed by atoms with Crippen molar-refractivity contribution in [2.45, 2.75) is 19.4 Å². The van der Waals surface area contributed by atoms with Crippen molar-refractivity contribution >= 4 is 12.6 Å². The fourth-order valence-corrected chi connectivity index (χ4v) is 0.0913. The zero-order valence-electron chi connectivity index (χ0n) is 5.13. The lowest BCUT2D eigenvalue weighted by Crippen LogP contribution is -1.97. The summed E-state index contributed by atoms with van der Waals surface area (Å²) in [6.45, 7) is 1.76. The van der Waals surface area contributed by atoms with Gasteiger partial charge in [0.15, 0.2) is 0 Å². The van der Waals surface area contributed by atoms with Crippen molar-refractivity contribution in [2.75, 3.05) is 6.26 Å². The molecule has 1 N–H and O–H groups in total. The summed E-state index contributed by atoms with van der Waals surface area (Å²) in [5, 5.41) is 16.1. The molecule has 0 heterocycles. The average Bonchev–Trinajstić information content (AvgIpc) is 1.91. The Kier molecular flexibility index (Phi) is 13.3. The third kappa shape index (κ3) is 9.25. The summed E-state index contributed by atoms with van der Waals surface area (Å²) in [5.41, 5.74) is 0. The third-order valence-electron chi connectivity index (χ3n) is 0.536. The second-order valence-electron chi connectivity index (χ2n) is 1.05. The van der Waals surface area contributed by atoms with Crippen molar-refractivity contribution in [3.05, 3.63) is 0 Å². The number of nitrogens with zero attached hydrogens (tertiary/aromatic N) is 1. The Morgan fingerprint density at radius 1 is 1.75 bits per heavy atom. The van der Waals surface area contributed by atoms with E-state index in [2.05, 4.69) is 12.6 Å². The van der Waals surface area contributed by atoms with E-state index in [1.54, 1.807) is 19.2 Å². The molecule has 0 radical (unpaired) electrons. The van der Waals surface area contributed by atoms with Crippen LogP contribution >= 0.6 is 12.6 Å². The lowest BCUT2D eigenvalue weighted by molar-refractivity contribution is 0.226. The molecular formula is C5H11NOS. The maximum atomic E-state index is 8.31. The first-order valence-electron chi connectivity index (χ1n) is 2.33. The number of hydrogen-bond acceptors (Lipinski definition) is 3. The number of aliphatic hydroxyl groups excluding tert-OH is 1. The van der Waals surface area contributed by atoms with Crippen molar-refractivity contribution in [1.82, 2.24) is 0 Å². The van der Waals surface area contributed by atoms with Crippen LogP contribution < -0.4 is 0 Å². The van der Waals surface area contributed by atoms with Gasteiger partial charge < -0.3 is 5.11 Å². The first-order chi connectivity index (χ1) is 3.81. The first-order valence-corrected chi connectivity index (χ1v) is 3.23. The Labute approximate surface area is 55.5 Å². The van der Waals surface area contributed by atoms with E-state index in [4.69, 9.17) is 10.4 Å². The maximum absolute atomic E-state index is 8.31. The normalized spacial score (nSPS) is 10.4. The summed E-state index contributed by atoms with van der Waals surface area (Å²) in [4.78, 5) is 0. The summed E-state index contributed by atoms with van der Waals surface area (Å²) in [5.74, 6) is 0. The van der Waals surface area contributed by atoms with Gasteiger partial charge in [-0.25, -0.2) is 0 Å². The van der Waals surface area contributed by atoms with E-state index in [-0.39, 0.29) is 0 Å². The van der Waals surface area contributed by atoms with Gasteiger partial charge in [0.1, 0.15) is 6.10 Å². The van der Waals surface area contributed by atoms with E-state index >= 15 is 0 Å². The lowest BCUT2D eigenvalue weighted by Gasteiger charge is -1.87. The molecular weight excluding hydrogens is 122 g/mol. The van der Waals surface area contributed by atoms with Crippen LogP contribution in [0.15, 0.2) is 0 Å². The molecule has 0 fully saturated rings. The van der Waals surface area contributed by atoms with Crippen LogP contribution in [0.25, 0.3) is 0 Å². The van der Waals surface area contributed by atoms with Gasteiger partial charge in [-0.2, -0.15) is 17.9 Å². The Morgan fingerprint density at radius 2 is 2.12 bits per heavy atom. The molecule has 0 aliphatic rings. The Balaban J connectivity index is 0. The molecule has 0 bridgehead atoms. The zero-order chi connectivity index (χ0) is 6.99.